The van der Waals surface area contributed by atoms with Gasteiger partial charge in [-0.1, -0.05) is 0 Å². The highest BCUT2D eigenvalue weighted by Crippen LogP contribution is 2.31. The third kappa shape index (κ3) is 2.93. The topological polar surface area (TPSA) is 53.0 Å². The number of nitrogens with zero attached hydrogens (tertiary/aromatic N) is 2. The fraction of sp³-hybridized carbons (Fsp3) is 0.929. The van der Waals surface area contributed by atoms with Crippen molar-refractivity contribution in [3.8, 4) is 0 Å². The molecule has 0 radical (unpaired) electrons. The zero-order chi connectivity index (χ0) is 13.9. The predicted octanol–water partition coefficient (Wildman–Crippen LogP) is 0.328. The number of aliphatic hydroxyl groups is 1. The van der Waals surface area contributed by atoms with E-state index >= 15 is 0 Å². The van der Waals surface area contributed by atoms with Crippen molar-refractivity contribution in [2.75, 3.05) is 46.0 Å². The van der Waals surface area contributed by atoms with Gasteiger partial charge < -0.3 is 14.7 Å². The summed E-state index contributed by atoms with van der Waals surface area (Å²) >= 11 is 0. The Hall–Kier alpha value is -0.650. The predicted molar refractivity (Wildman–Crippen MR) is 72.9 cm³/mol. The van der Waals surface area contributed by atoms with Gasteiger partial charge in [0.15, 0.2) is 0 Å². The van der Waals surface area contributed by atoms with E-state index in [4.69, 9.17) is 4.74 Å². The first-order valence-electron chi connectivity index (χ1n) is 7.37. The minimum Gasteiger partial charge on any atom is -0.396 e. The fourth-order valence-electron chi connectivity index (χ4n) is 3.10. The van der Waals surface area contributed by atoms with Crippen molar-refractivity contribution in [1.82, 2.24) is 9.80 Å². The number of rotatable bonds is 6. The molecule has 2 saturated heterocycles. The molecule has 2 rings (SSSR count). The normalized spacial score (nSPS) is 26.2. The maximum absolute atomic E-state index is 12.5. The molecule has 0 saturated carbocycles. The Morgan fingerprint density at radius 2 is 2.11 bits per heavy atom. The summed E-state index contributed by atoms with van der Waals surface area (Å²) in [6.07, 6.45) is 2.01. The Morgan fingerprint density at radius 1 is 1.42 bits per heavy atom. The number of likely N-dealkylation sites (N-methyl/N-ethyl adjacent to an activating group) is 1. The molecule has 0 aliphatic carbocycles. The number of carbonyl (C=O) groups excluding carboxylic acids is 1. The van der Waals surface area contributed by atoms with Gasteiger partial charge in [-0.2, -0.15) is 0 Å². The molecule has 0 aromatic heterocycles. The van der Waals surface area contributed by atoms with Crippen molar-refractivity contribution < 1.29 is 14.6 Å². The van der Waals surface area contributed by atoms with E-state index in [1.807, 2.05) is 18.7 Å². The van der Waals surface area contributed by atoms with Crippen molar-refractivity contribution in [2.45, 2.75) is 32.7 Å². The first kappa shape index (κ1) is 14.8. The summed E-state index contributed by atoms with van der Waals surface area (Å²) in [5.74, 6) is 0.246. The first-order chi connectivity index (χ1) is 9.15. The maximum atomic E-state index is 12.5. The molecule has 2 fully saturated rings. The summed E-state index contributed by atoms with van der Waals surface area (Å²) in [5, 5.41) is 9.52. The number of amides is 1. The highest BCUT2D eigenvalue weighted by Gasteiger charge is 2.43. The lowest BCUT2D eigenvalue weighted by molar-refractivity contribution is -0.155. The van der Waals surface area contributed by atoms with Gasteiger partial charge in [0.05, 0.1) is 31.3 Å². The van der Waals surface area contributed by atoms with Crippen LogP contribution in [0.3, 0.4) is 0 Å². The van der Waals surface area contributed by atoms with Crippen LogP contribution in [0, 0.1) is 5.41 Å². The van der Waals surface area contributed by atoms with Crippen molar-refractivity contribution in [1.29, 1.82) is 0 Å². The SMILES string of the molecule is CCN(CC)C(=O)C1CCCN1CC1(CO)COC1. The van der Waals surface area contributed by atoms with E-state index in [0.29, 0.717) is 13.2 Å². The highest BCUT2D eigenvalue weighted by atomic mass is 16.5. The minimum absolute atomic E-state index is 0.00363. The van der Waals surface area contributed by atoms with Crippen molar-refractivity contribution >= 4 is 5.91 Å². The summed E-state index contributed by atoms with van der Waals surface area (Å²) in [6, 6.07) is 0.00363. The highest BCUT2D eigenvalue weighted by molar-refractivity contribution is 5.82. The van der Waals surface area contributed by atoms with Crippen LogP contribution >= 0.6 is 0 Å². The van der Waals surface area contributed by atoms with Gasteiger partial charge >= 0.3 is 0 Å². The van der Waals surface area contributed by atoms with Crippen LogP contribution < -0.4 is 0 Å². The molecule has 2 aliphatic rings. The van der Waals surface area contributed by atoms with E-state index in [0.717, 1.165) is 39.0 Å². The zero-order valence-corrected chi connectivity index (χ0v) is 12.1. The molecule has 5 nitrogen and oxygen atoms in total. The molecule has 0 aromatic rings. The van der Waals surface area contributed by atoms with Crippen LogP contribution in [0.25, 0.3) is 0 Å². The molecule has 0 aromatic carbocycles. The number of likely N-dealkylation sites (tertiary alicyclic amines) is 1. The van der Waals surface area contributed by atoms with Gasteiger partial charge in [-0.15, -0.1) is 0 Å². The van der Waals surface area contributed by atoms with E-state index in [2.05, 4.69) is 4.90 Å². The molecule has 5 heteroatoms. The van der Waals surface area contributed by atoms with E-state index in [-0.39, 0.29) is 24.0 Å². The largest absolute Gasteiger partial charge is 0.396 e. The van der Waals surface area contributed by atoms with Crippen LogP contribution in [0.2, 0.25) is 0 Å². The molecular weight excluding hydrogens is 244 g/mol. The summed E-state index contributed by atoms with van der Waals surface area (Å²) in [6.45, 7) is 8.71. The molecule has 2 heterocycles. The van der Waals surface area contributed by atoms with Crippen LogP contribution in [0.15, 0.2) is 0 Å². The van der Waals surface area contributed by atoms with Crippen molar-refractivity contribution in [2.24, 2.45) is 5.41 Å². The standard InChI is InChI=1S/C14H26N2O3/c1-3-15(4-2)13(18)12-6-5-7-16(12)8-14(9-17)10-19-11-14/h12,17H,3-11H2,1-2H3. The molecule has 0 spiro atoms. The quantitative estimate of drug-likeness (QED) is 0.755. The number of ether oxygens (including phenoxy) is 1. The average Bonchev–Trinajstić information content (AvgIpc) is 2.83. The fourth-order valence-corrected chi connectivity index (χ4v) is 3.10. The van der Waals surface area contributed by atoms with Gasteiger partial charge in [-0.05, 0) is 33.2 Å². The lowest BCUT2D eigenvalue weighted by atomic mass is 9.86. The number of aliphatic hydroxyl groups excluding tert-OH is 1. The first-order valence-corrected chi connectivity index (χ1v) is 7.37. The van der Waals surface area contributed by atoms with Gasteiger partial charge in [0, 0.05) is 19.6 Å². The molecular formula is C14H26N2O3. The molecule has 2 aliphatic heterocycles. The third-order valence-electron chi connectivity index (χ3n) is 4.41. The van der Waals surface area contributed by atoms with Crippen LogP contribution in [-0.2, 0) is 9.53 Å². The van der Waals surface area contributed by atoms with E-state index in [9.17, 15) is 9.90 Å². The Morgan fingerprint density at radius 3 is 2.58 bits per heavy atom. The van der Waals surface area contributed by atoms with E-state index in [1.165, 1.54) is 0 Å². The van der Waals surface area contributed by atoms with Gasteiger partial charge in [0.1, 0.15) is 0 Å². The summed E-state index contributed by atoms with van der Waals surface area (Å²) < 4.78 is 5.24. The van der Waals surface area contributed by atoms with Crippen LogP contribution in [0.1, 0.15) is 26.7 Å². The van der Waals surface area contributed by atoms with Crippen LogP contribution in [0.4, 0.5) is 0 Å². The number of hydrogen-bond acceptors (Lipinski definition) is 4. The van der Waals surface area contributed by atoms with Gasteiger partial charge in [-0.25, -0.2) is 0 Å². The Bertz CT molecular complexity index is 308. The molecule has 1 atom stereocenters. The van der Waals surface area contributed by atoms with E-state index < -0.39 is 0 Å². The second kappa shape index (κ2) is 6.20. The van der Waals surface area contributed by atoms with E-state index in [1.54, 1.807) is 0 Å². The second-order valence-electron chi connectivity index (χ2n) is 5.79. The monoisotopic (exact) mass is 270 g/mol. The second-order valence-corrected chi connectivity index (χ2v) is 5.79. The summed E-state index contributed by atoms with van der Waals surface area (Å²) in [7, 11) is 0. The number of hydrogen-bond donors (Lipinski definition) is 1. The zero-order valence-electron chi connectivity index (χ0n) is 12.1. The maximum Gasteiger partial charge on any atom is 0.239 e. The van der Waals surface area contributed by atoms with Crippen molar-refractivity contribution in [3.05, 3.63) is 0 Å². The molecule has 110 valence electrons. The summed E-state index contributed by atoms with van der Waals surface area (Å²) in [5.41, 5.74) is -0.133. The number of carbonyl (C=O) groups is 1. The Balaban J connectivity index is 1.98. The van der Waals surface area contributed by atoms with Crippen molar-refractivity contribution in [3.63, 3.8) is 0 Å². The summed E-state index contributed by atoms with van der Waals surface area (Å²) in [4.78, 5) is 16.6. The Kier molecular flexibility index (Phi) is 4.81. The molecule has 1 amide bonds. The smallest absolute Gasteiger partial charge is 0.239 e. The van der Waals surface area contributed by atoms with Gasteiger partial charge in [-0.3, -0.25) is 9.69 Å². The van der Waals surface area contributed by atoms with Crippen LogP contribution in [0.5, 0.6) is 0 Å². The third-order valence-corrected chi connectivity index (χ3v) is 4.41. The molecule has 1 N–H and O–H groups in total. The lowest BCUT2D eigenvalue weighted by Gasteiger charge is -2.43. The van der Waals surface area contributed by atoms with Gasteiger partial charge in [0.2, 0.25) is 5.91 Å². The minimum atomic E-state index is -0.133. The molecule has 0 bridgehead atoms. The van der Waals surface area contributed by atoms with Gasteiger partial charge in [0.25, 0.3) is 0 Å². The Labute approximate surface area is 115 Å². The molecule has 1 unspecified atom stereocenters. The average molecular weight is 270 g/mol. The lowest BCUT2D eigenvalue weighted by Crippen LogP contribution is -2.56. The van der Waals surface area contributed by atoms with Crippen LogP contribution in [-0.4, -0.2) is 72.9 Å². The molecule has 19 heavy (non-hydrogen) atoms.